The molecule has 0 aromatic carbocycles. The van der Waals surface area contributed by atoms with E-state index >= 15 is 0 Å². The minimum absolute atomic E-state index is 0.0547. The van der Waals surface area contributed by atoms with Crippen molar-refractivity contribution in [1.29, 1.82) is 0 Å². The van der Waals surface area contributed by atoms with Crippen molar-refractivity contribution in [2.75, 3.05) is 31.1 Å². The number of hydrogen-bond donors (Lipinski definition) is 2. The minimum Gasteiger partial charge on any atom is -0.357 e. The number of anilines is 1. The number of aromatic nitrogens is 1. The summed E-state index contributed by atoms with van der Waals surface area (Å²) in [6, 6.07) is 4.09. The van der Waals surface area contributed by atoms with Gasteiger partial charge in [0.05, 0.1) is 0 Å². The van der Waals surface area contributed by atoms with Crippen molar-refractivity contribution < 1.29 is 9.59 Å². The topological polar surface area (TPSA) is 74.3 Å². The molecule has 22 heavy (non-hydrogen) atoms. The van der Waals surface area contributed by atoms with E-state index in [1.54, 1.807) is 0 Å². The summed E-state index contributed by atoms with van der Waals surface area (Å²) in [4.78, 5) is 29.5. The molecule has 1 saturated heterocycles. The first-order chi connectivity index (χ1) is 10.6. The van der Waals surface area contributed by atoms with E-state index in [1.807, 2.05) is 19.2 Å². The summed E-state index contributed by atoms with van der Waals surface area (Å²) >= 11 is 0. The first-order valence-electron chi connectivity index (χ1n) is 7.76. The number of hydrogen-bond acceptors (Lipinski definition) is 4. The van der Waals surface area contributed by atoms with E-state index < -0.39 is 0 Å². The maximum absolute atomic E-state index is 12.1. The van der Waals surface area contributed by atoms with Crippen molar-refractivity contribution in [3.8, 4) is 0 Å². The predicted octanol–water partition coefficient (Wildman–Crippen LogP) is 0.859. The fourth-order valence-corrected chi connectivity index (χ4v) is 2.59. The molecule has 1 aliphatic rings. The van der Waals surface area contributed by atoms with Gasteiger partial charge in [-0.1, -0.05) is 6.07 Å². The Bertz CT molecular complexity index is 507. The summed E-state index contributed by atoms with van der Waals surface area (Å²) in [7, 11) is 0. The number of pyridine rings is 1. The molecule has 0 aliphatic carbocycles. The van der Waals surface area contributed by atoms with E-state index in [4.69, 9.17) is 0 Å². The van der Waals surface area contributed by atoms with Crippen LogP contribution in [0.3, 0.4) is 0 Å². The smallest absolute Gasteiger partial charge is 0.223 e. The molecule has 6 nitrogen and oxygen atoms in total. The van der Waals surface area contributed by atoms with Gasteiger partial charge in [-0.3, -0.25) is 9.59 Å². The van der Waals surface area contributed by atoms with Gasteiger partial charge in [0.2, 0.25) is 11.8 Å². The van der Waals surface area contributed by atoms with Crippen molar-refractivity contribution >= 4 is 17.6 Å². The predicted molar refractivity (Wildman–Crippen MR) is 85.6 cm³/mol. The van der Waals surface area contributed by atoms with Crippen LogP contribution in [0.2, 0.25) is 0 Å². The largest absolute Gasteiger partial charge is 0.357 e. The fourth-order valence-electron chi connectivity index (χ4n) is 2.59. The molecule has 2 N–H and O–H groups in total. The molecule has 2 heterocycles. The molecule has 1 aromatic heterocycles. The number of carbonyl (C=O) groups excluding carboxylic acids is 2. The molecule has 6 heteroatoms. The summed E-state index contributed by atoms with van der Waals surface area (Å²) in [6.45, 7) is 6.15. The highest BCUT2D eigenvalue weighted by atomic mass is 16.2. The average molecular weight is 304 g/mol. The van der Waals surface area contributed by atoms with Gasteiger partial charge in [-0.15, -0.1) is 0 Å². The number of rotatable bonds is 5. The second kappa shape index (κ2) is 7.77. The van der Waals surface area contributed by atoms with E-state index in [2.05, 4.69) is 26.6 Å². The molecular weight excluding hydrogens is 280 g/mol. The quantitative estimate of drug-likeness (QED) is 0.791. The Morgan fingerprint density at radius 2 is 1.91 bits per heavy atom. The molecular formula is C16H24N4O2. The Morgan fingerprint density at radius 3 is 2.50 bits per heavy atom. The second-order valence-corrected chi connectivity index (χ2v) is 5.73. The van der Waals surface area contributed by atoms with Crippen LogP contribution in [0.25, 0.3) is 0 Å². The minimum atomic E-state index is -0.0758. The van der Waals surface area contributed by atoms with E-state index in [-0.39, 0.29) is 17.7 Å². The van der Waals surface area contributed by atoms with E-state index in [0.29, 0.717) is 13.1 Å². The lowest BCUT2D eigenvalue weighted by molar-refractivity contribution is -0.126. The Labute approximate surface area is 131 Å². The Hall–Kier alpha value is -2.11. The first kappa shape index (κ1) is 16.3. The van der Waals surface area contributed by atoms with Crippen LogP contribution < -0.4 is 15.5 Å². The molecule has 1 aliphatic heterocycles. The summed E-state index contributed by atoms with van der Waals surface area (Å²) < 4.78 is 0. The normalized spacial score (nSPS) is 15.5. The second-order valence-electron chi connectivity index (χ2n) is 5.73. The van der Waals surface area contributed by atoms with Crippen LogP contribution in [0.5, 0.6) is 0 Å². The van der Waals surface area contributed by atoms with Gasteiger partial charge in [-0.05, 0) is 31.4 Å². The fraction of sp³-hybridized carbons (Fsp3) is 0.562. The maximum atomic E-state index is 12.1. The number of carbonyl (C=O) groups is 2. The van der Waals surface area contributed by atoms with Gasteiger partial charge in [0.1, 0.15) is 5.82 Å². The standard InChI is InChI=1S/C16H24N4O2/c1-12-3-4-15(19-11-12)20-9-5-14(6-10-20)16(22)18-8-7-17-13(2)21/h3-4,11,14H,5-10H2,1-2H3,(H,17,21)(H,18,22). The summed E-state index contributed by atoms with van der Waals surface area (Å²) in [5, 5.41) is 5.55. The lowest BCUT2D eigenvalue weighted by atomic mass is 9.96. The third kappa shape index (κ3) is 4.72. The van der Waals surface area contributed by atoms with E-state index in [9.17, 15) is 9.59 Å². The van der Waals surface area contributed by atoms with Crippen molar-refractivity contribution in [3.05, 3.63) is 23.9 Å². The van der Waals surface area contributed by atoms with Crippen molar-refractivity contribution in [1.82, 2.24) is 15.6 Å². The first-order valence-corrected chi connectivity index (χ1v) is 7.76. The number of nitrogens with zero attached hydrogens (tertiary/aromatic N) is 2. The molecule has 0 radical (unpaired) electrons. The molecule has 0 spiro atoms. The Kier molecular flexibility index (Phi) is 5.75. The monoisotopic (exact) mass is 304 g/mol. The van der Waals surface area contributed by atoms with E-state index in [0.717, 1.165) is 37.3 Å². The van der Waals surface area contributed by atoms with Crippen LogP contribution in [-0.2, 0) is 9.59 Å². The lowest BCUT2D eigenvalue weighted by Gasteiger charge is -2.32. The molecule has 120 valence electrons. The highest BCUT2D eigenvalue weighted by Gasteiger charge is 2.25. The zero-order chi connectivity index (χ0) is 15.9. The molecule has 0 atom stereocenters. The summed E-state index contributed by atoms with van der Waals surface area (Å²) in [5.74, 6) is 1.05. The lowest BCUT2D eigenvalue weighted by Crippen LogP contribution is -2.42. The highest BCUT2D eigenvalue weighted by Crippen LogP contribution is 2.21. The SMILES string of the molecule is CC(=O)NCCNC(=O)C1CCN(c2ccc(C)cn2)CC1. The summed E-state index contributed by atoms with van der Waals surface area (Å²) in [6.07, 6.45) is 3.54. The Balaban J connectivity index is 1.73. The highest BCUT2D eigenvalue weighted by molar-refractivity contribution is 5.79. The molecule has 2 rings (SSSR count). The van der Waals surface area contributed by atoms with Crippen LogP contribution in [0.1, 0.15) is 25.3 Å². The average Bonchev–Trinajstić information content (AvgIpc) is 2.52. The zero-order valence-corrected chi connectivity index (χ0v) is 13.3. The molecule has 2 amide bonds. The van der Waals surface area contributed by atoms with Crippen molar-refractivity contribution in [2.45, 2.75) is 26.7 Å². The van der Waals surface area contributed by atoms with Gasteiger partial charge in [0, 0.05) is 45.2 Å². The number of aryl methyl sites for hydroxylation is 1. The Morgan fingerprint density at radius 1 is 1.23 bits per heavy atom. The summed E-state index contributed by atoms with van der Waals surface area (Å²) in [5.41, 5.74) is 1.15. The molecule has 0 saturated carbocycles. The molecule has 0 bridgehead atoms. The van der Waals surface area contributed by atoms with Gasteiger partial charge in [0.15, 0.2) is 0 Å². The zero-order valence-electron chi connectivity index (χ0n) is 13.3. The number of amides is 2. The molecule has 1 aromatic rings. The van der Waals surface area contributed by atoms with Gasteiger partial charge in [0.25, 0.3) is 0 Å². The third-order valence-corrected chi connectivity index (χ3v) is 3.88. The van der Waals surface area contributed by atoms with Crippen LogP contribution in [0.4, 0.5) is 5.82 Å². The van der Waals surface area contributed by atoms with Crippen LogP contribution >= 0.6 is 0 Å². The molecule has 1 fully saturated rings. The number of nitrogens with one attached hydrogen (secondary N) is 2. The number of piperidine rings is 1. The van der Waals surface area contributed by atoms with Gasteiger partial charge in [-0.2, -0.15) is 0 Å². The maximum Gasteiger partial charge on any atom is 0.223 e. The van der Waals surface area contributed by atoms with Crippen LogP contribution in [0.15, 0.2) is 18.3 Å². The molecule has 0 unspecified atom stereocenters. The van der Waals surface area contributed by atoms with Crippen molar-refractivity contribution in [3.63, 3.8) is 0 Å². The van der Waals surface area contributed by atoms with Crippen molar-refractivity contribution in [2.24, 2.45) is 5.92 Å². The van der Waals surface area contributed by atoms with Crippen LogP contribution in [-0.4, -0.2) is 43.0 Å². The van der Waals surface area contributed by atoms with Gasteiger partial charge in [-0.25, -0.2) is 4.98 Å². The van der Waals surface area contributed by atoms with Gasteiger partial charge >= 0.3 is 0 Å². The third-order valence-electron chi connectivity index (χ3n) is 3.88. The van der Waals surface area contributed by atoms with E-state index in [1.165, 1.54) is 6.92 Å². The van der Waals surface area contributed by atoms with Crippen LogP contribution in [0, 0.1) is 12.8 Å². The van der Waals surface area contributed by atoms with Gasteiger partial charge < -0.3 is 15.5 Å².